The summed E-state index contributed by atoms with van der Waals surface area (Å²) in [5.41, 5.74) is 0.921. The number of hydrogen-bond acceptors (Lipinski definition) is 4. The molecule has 1 amide bonds. The Morgan fingerprint density at radius 3 is 2.40 bits per heavy atom. The van der Waals surface area contributed by atoms with Gasteiger partial charge in [-0.1, -0.05) is 66.2 Å². The van der Waals surface area contributed by atoms with Crippen molar-refractivity contribution in [2.24, 2.45) is 0 Å². The number of carbonyl (C=O) groups is 1. The van der Waals surface area contributed by atoms with Gasteiger partial charge in [-0.25, -0.2) is 8.42 Å². The van der Waals surface area contributed by atoms with Crippen LogP contribution in [0.4, 0.5) is 5.69 Å². The third-order valence-electron chi connectivity index (χ3n) is 5.54. The Kier molecular flexibility index (Phi) is 7.58. The average molecular weight is 509 g/mol. The van der Waals surface area contributed by atoms with Gasteiger partial charge in [-0.2, -0.15) is 0 Å². The molecule has 0 aliphatic rings. The molecule has 0 bridgehead atoms. The van der Waals surface area contributed by atoms with Crippen molar-refractivity contribution >= 4 is 44.0 Å². The van der Waals surface area contributed by atoms with Crippen molar-refractivity contribution in [1.29, 1.82) is 0 Å². The smallest absolute Gasteiger partial charge is 0.264 e. The van der Waals surface area contributed by atoms with Crippen molar-refractivity contribution < 1.29 is 17.9 Å². The second-order valence-corrected chi connectivity index (χ2v) is 10.2. The molecule has 0 radical (unpaired) electrons. The minimum Gasteiger partial charge on any atom is -0.492 e. The molecule has 0 saturated heterocycles. The zero-order chi connectivity index (χ0) is 24.8. The zero-order valence-corrected chi connectivity index (χ0v) is 20.7. The summed E-state index contributed by atoms with van der Waals surface area (Å²) in [5, 5.41) is 5.34. The first-order chi connectivity index (χ1) is 16.9. The third kappa shape index (κ3) is 5.75. The highest BCUT2D eigenvalue weighted by Gasteiger charge is 2.28. The van der Waals surface area contributed by atoms with Crippen LogP contribution in [0.15, 0.2) is 95.9 Å². The van der Waals surface area contributed by atoms with Crippen molar-refractivity contribution in [2.75, 3.05) is 24.0 Å². The van der Waals surface area contributed by atoms with E-state index in [4.69, 9.17) is 16.3 Å². The molecule has 1 N–H and O–H groups in total. The van der Waals surface area contributed by atoms with Crippen LogP contribution in [-0.2, 0) is 14.8 Å². The van der Waals surface area contributed by atoms with E-state index in [1.54, 1.807) is 43.3 Å². The number of carbonyl (C=O) groups excluding carboxylic acids is 1. The zero-order valence-electron chi connectivity index (χ0n) is 19.1. The molecular formula is C27H25ClN2O4S. The Labute approximate surface area is 210 Å². The number of halogens is 1. The van der Waals surface area contributed by atoms with E-state index in [2.05, 4.69) is 5.32 Å². The van der Waals surface area contributed by atoms with E-state index in [1.807, 2.05) is 42.5 Å². The van der Waals surface area contributed by atoms with Crippen molar-refractivity contribution in [3.63, 3.8) is 0 Å². The van der Waals surface area contributed by atoms with Crippen molar-refractivity contribution in [2.45, 2.75) is 11.8 Å². The van der Waals surface area contributed by atoms with Gasteiger partial charge in [-0.15, -0.1) is 0 Å². The lowest BCUT2D eigenvalue weighted by Crippen LogP contribution is -2.42. The molecule has 0 aromatic heterocycles. The molecule has 4 rings (SSSR count). The van der Waals surface area contributed by atoms with Gasteiger partial charge in [0, 0.05) is 5.02 Å². The topological polar surface area (TPSA) is 75.7 Å². The van der Waals surface area contributed by atoms with Gasteiger partial charge in [0.15, 0.2) is 0 Å². The first-order valence-electron chi connectivity index (χ1n) is 11.1. The lowest BCUT2D eigenvalue weighted by Gasteiger charge is -2.26. The summed E-state index contributed by atoms with van der Waals surface area (Å²) in [4.78, 5) is 12.9. The van der Waals surface area contributed by atoms with Crippen molar-refractivity contribution in [3.05, 3.63) is 102 Å². The van der Waals surface area contributed by atoms with Crippen LogP contribution in [0.5, 0.6) is 5.75 Å². The van der Waals surface area contributed by atoms with Gasteiger partial charge in [0.1, 0.15) is 18.9 Å². The van der Waals surface area contributed by atoms with Crippen LogP contribution in [0.3, 0.4) is 0 Å². The van der Waals surface area contributed by atoms with Crippen LogP contribution >= 0.6 is 11.6 Å². The third-order valence-corrected chi connectivity index (χ3v) is 7.72. The molecule has 0 atom stereocenters. The maximum absolute atomic E-state index is 13.4. The van der Waals surface area contributed by atoms with E-state index in [0.717, 1.165) is 15.1 Å². The normalized spacial score (nSPS) is 11.3. The van der Waals surface area contributed by atoms with Crippen LogP contribution in [0.25, 0.3) is 10.8 Å². The first-order valence-corrected chi connectivity index (χ1v) is 12.9. The maximum Gasteiger partial charge on any atom is 0.264 e. The number of rotatable bonds is 9. The van der Waals surface area contributed by atoms with Gasteiger partial charge < -0.3 is 10.1 Å². The van der Waals surface area contributed by atoms with Gasteiger partial charge in [0.2, 0.25) is 5.91 Å². The molecular weight excluding hydrogens is 484 g/mol. The van der Waals surface area contributed by atoms with Crippen LogP contribution < -0.4 is 14.4 Å². The number of nitrogens with zero attached hydrogens (tertiary/aromatic N) is 1. The quantitative estimate of drug-likeness (QED) is 0.316. The van der Waals surface area contributed by atoms with E-state index in [1.165, 1.54) is 12.1 Å². The maximum atomic E-state index is 13.4. The first kappa shape index (κ1) is 24.6. The average Bonchev–Trinajstić information content (AvgIpc) is 2.87. The number of sulfonamides is 1. The Balaban J connectivity index is 1.44. The summed E-state index contributed by atoms with van der Waals surface area (Å²) in [6.07, 6.45) is 0. The number of amides is 1. The molecule has 35 heavy (non-hydrogen) atoms. The monoisotopic (exact) mass is 508 g/mol. The fourth-order valence-electron chi connectivity index (χ4n) is 3.69. The fraction of sp³-hybridized carbons (Fsp3) is 0.148. The lowest BCUT2D eigenvalue weighted by molar-refractivity contribution is -0.119. The summed E-state index contributed by atoms with van der Waals surface area (Å²) in [6.45, 7) is 1.79. The molecule has 0 aliphatic heterocycles. The molecule has 0 heterocycles. The van der Waals surface area contributed by atoms with E-state index < -0.39 is 22.5 Å². The van der Waals surface area contributed by atoms with E-state index in [0.29, 0.717) is 22.0 Å². The number of ether oxygens (including phenoxy) is 1. The fourth-order valence-corrected chi connectivity index (χ4v) is 5.36. The SMILES string of the molecule is Cc1c(Cl)cccc1N(CC(=O)NCCOc1ccc2ccccc2c1)S(=O)(=O)c1ccccc1. The highest BCUT2D eigenvalue weighted by atomic mass is 35.5. The standard InChI is InChI=1S/C27H25ClN2O4S/c1-20-25(28)12-7-13-26(20)30(35(32,33)24-10-3-2-4-11-24)19-27(31)29-16-17-34-23-15-14-21-8-5-6-9-22(21)18-23/h2-15,18H,16-17,19H2,1H3,(H,29,31). The molecule has 0 unspecified atom stereocenters. The molecule has 8 heteroatoms. The van der Waals surface area contributed by atoms with Gasteiger partial charge in [-0.05, 0) is 59.7 Å². The predicted molar refractivity (Wildman–Crippen MR) is 140 cm³/mol. The van der Waals surface area contributed by atoms with Crippen LogP contribution in [-0.4, -0.2) is 34.0 Å². The molecule has 0 aliphatic carbocycles. The Bertz CT molecular complexity index is 1440. The minimum absolute atomic E-state index is 0.0896. The second-order valence-electron chi connectivity index (χ2n) is 7.92. The molecule has 6 nitrogen and oxygen atoms in total. The number of hydrogen-bond donors (Lipinski definition) is 1. The summed E-state index contributed by atoms with van der Waals surface area (Å²) in [5.74, 6) is 0.242. The summed E-state index contributed by atoms with van der Waals surface area (Å²) in [6, 6.07) is 26.7. The van der Waals surface area contributed by atoms with E-state index in [9.17, 15) is 13.2 Å². The van der Waals surface area contributed by atoms with E-state index >= 15 is 0 Å². The minimum atomic E-state index is -4.00. The summed E-state index contributed by atoms with van der Waals surface area (Å²) >= 11 is 6.25. The van der Waals surface area contributed by atoms with E-state index in [-0.39, 0.29) is 18.0 Å². The molecule has 0 saturated carbocycles. The molecule has 0 spiro atoms. The van der Waals surface area contributed by atoms with Crippen molar-refractivity contribution in [1.82, 2.24) is 5.32 Å². The van der Waals surface area contributed by atoms with Crippen LogP contribution in [0.1, 0.15) is 5.56 Å². The number of benzene rings is 4. The molecule has 4 aromatic carbocycles. The highest BCUT2D eigenvalue weighted by molar-refractivity contribution is 7.92. The summed E-state index contributed by atoms with van der Waals surface area (Å²) in [7, 11) is -4.00. The number of nitrogens with one attached hydrogen (secondary N) is 1. The van der Waals surface area contributed by atoms with Crippen LogP contribution in [0, 0.1) is 6.92 Å². The predicted octanol–water partition coefficient (Wildman–Crippen LogP) is 5.19. The molecule has 0 fully saturated rings. The van der Waals surface area contributed by atoms with Gasteiger partial charge in [0.25, 0.3) is 10.0 Å². The van der Waals surface area contributed by atoms with Gasteiger partial charge >= 0.3 is 0 Å². The van der Waals surface area contributed by atoms with Crippen LogP contribution in [0.2, 0.25) is 5.02 Å². The Hall–Kier alpha value is -3.55. The molecule has 180 valence electrons. The molecule has 4 aromatic rings. The largest absolute Gasteiger partial charge is 0.492 e. The van der Waals surface area contributed by atoms with Gasteiger partial charge in [0.05, 0.1) is 17.1 Å². The number of fused-ring (bicyclic) bond motifs is 1. The number of anilines is 1. The lowest BCUT2D eigenvalue weighted by atomic mass is 10.1. The van der Waals surface area contributed by atoms with Gasteiger partial charge in [-0.3, -0.25) is 9.10 Å². The Morgan fingerprint density at radius 1 is 0.914 bits per heavy atom. The summed E-state index contributed by atoms with van der Waals surface area (Å²) < 4.78 is 33.7. The van der Waals surface area contributed by atoms with Crippen molar-refractivity contribution in [3.8, 4) is 5.75 Å². The Morgan fingerprint density at radius 2 is 1.63 bits per heavy atom. The highest BCUT2D eigenvalue weighted by Crippen LogP contribution is 2.30. The second kappa shape index (κ2) is 10.8.